The van der Waals surface area contributed by atoms with Gasteiger partial charge in [0.15, 0.2) is 0 Å². The number of rotatable bonds is 5. The molecule has 0 aliphatic heterocycles. The van der Waals surface area contributed by atoms with Crippen LogP contribution in [0.2, 0.25) is 0 Å². The van der Waals surface area contributed by atoms with Crippen LogP contribution in [-0.2, 0) is 9.53 Å². The molecule has 4 aromatic rings. The van der Waals surface area contributed by atoms with Gasteiger partial charge in [-0.15, -0.1) is 0 Å². The number of aromatic nitrogens is 2. The van der Waals surface area contributed by atoms with Crippen LogP contribution in [0, 0.1) is 10.1 Å². The minimum Gasteiger partial charge on any atom is -0.465 e. The number of nitro benzene ring substituents is 1. The number of carbonyl (C=O) groups is 1. The molecule has 0 radical (unpaired) electrons. The molecule has 0 saturated carbocycles. The Labute approximate surface area is 164 Å². The first-order valence-corrected chi connectivity index (χ1v) is 8.65. The van der Waals surface area contributed by atoms with Gasteiger partial charge in [-0.2, -0.15) is 0 Å². The molecule has 2 heterocycles. The molecular formula is C21H15N3O5. The summed E-state index contributed by atoms with van der Waals surface area (Å²) in [6, 6.07) is 16.9. The summed E-state index contributed by atoms with van der Waals surface area (Å²) >= 11 is 0. The number of methoxy groups -OCH3 is 1. The molecule has 8 heteroatoms. The molecular weight excluding hydrogens is 374 g/mol. The highest BCUT2D eigenvalue weighted by atomic mass is 16.6. The molecule has 1 N–H and O–H groups in total. The molecule has 0 amide bonds. The Kier molecular flexibility index (Phi) is 4.66. The van der Waals surface area contributed by atoms with Crippen molar-refractivity contribution < 1.29 is 18.9 Å². The van der Waals surface area contributed by atoms with Gasteiger partial charge in [0.25, 0.3) is 5.69 Å². The normalized spacial score (nSPS) is 11.6. The van der Waals surface area contributed by atoms with Gasteiger partial charge in [0.2, 0.25) is 0 Å². The molecule has 29 heavy (non-hydrogen) atoms. The molecule has 8 nitrogen and oxygen atoms in total. The van der Waals surface area contributed by atoms with E-state index in [4.69, 9.17) is 9.15 Å². The van der Waals surface area contributed by atoms with Crippen molar-refractivity contribution >= 4 is 34.3 Å². The van der Waals surface area contributed by atoms with E-state index in [1.807, 2.05) is 24.3 Å². The van der Waals surface area contributed by atoms with Crippen LogP contribution < -0.4 is 0 Å². The number of hydrogen-bond acceptors (Lipinski definition) is 6. The summed E-state index contributed by atoms with van der Waals surface area (Å²) in [5.74, 6) is 0.739. The van der Waals surface area contributed by atoms with E-state index < -0.39 is 10.9 Å². The molecule has 0 aliphatic carbocycles. The zero-order valence-electron chi connectivity index (χ0n) is 15.3. The van der Waals surface area contributed by atoms with Crippen molar-refractivity contribution in [2.75, 3.05) is 7.11 Å². The molecule has 0 saturated heterocycles. The van der Waals surface area contributed by atoms with E-state index >= 15 is 0 Å². The molecule has 0 spiro atoms. The molecule has 0 unspecified atom stereocenters. The number of ether oxygens (including phenoxy) is 1. The van der Waals surface area contributed by atoms with Crippen LogP contribution >= 0.6 is 0 Å². The molecule has 2 aromatic carbocycles. The number of esters is 1. The van der Waals surface area contributed by atoms with Crippen molar-refractivity contribution in [1.82, 2.24) is 9.97 Å². The van der Waals surface area contributed by atoms with Crippen molar-refractivity contribution in [2.45, 2.75) is 0 Å². The molecule has 144 valence electrons. The van der Waals surface area contributed by atoms with Gasteiger partial charge in [0, 0.05) is 17.7 Å². The summed E-state index contributed by atoms with van der Waals surface area (Å²) in [6.45, 7) is 0. The molecule has 2 aromatic heterocycles. The highest BCUT2D eigenvalue weighted by Crippen LogP contribution is 2.27. The van der Waals surface area contributed by atoms with Gasteiger partial charge in [0.1, 0.15) is 22.9 Å². The maximum Gasteiger partial charge on any atom is 0.341 e. The topological polar surface area (TPSA) is 111 Å². The number of benzene rings is 2. The fourth-order valence-corrected chi connectivity index (χ4v) is 2.89. The third-order valence-corrected chi connectivity index (χ3v) is 4.33. The quantitative estimate of drug-likeness (QED) is 0.234. The van der Waals surface area contributed by atoms with E-state index in [-0.39, 0.29) is 11.3 Å². The van der Waals surface area contributed by atoms with Crippen LogP contribution in [0.4, 0.5) is 5.69 Å². The van der Waals surface area contributed by atoms with E-state index in [1.165, 1.54) is 19.2 Å². The Morgan fingerprint density at radius 2 is 1.90 bits per heavy atom. The molecule has 0 atom stereocenters. The second-order valence-corrected chi connectivity index (χ2v) is 6.16. The number of non-ortho nitro benzene ring substituents is 1. The molecule has 4 rings (SSSR count). The first-order valence-electron chi connectivity index (χ1n) is 8.65. The zero-order valence-corrected chi connectivity index (χ0v) is 15.3. The predicted molar refractivity (Wildman–Crippen MR) is 107 cm³/mol. The minimum absolute atomic E-state index is 0.00158. The summed E-state index contributed by atoms with van der Waals surface area (Å²) in [5, 5.41) is 10.8. The summed E-state index contributed by atoms with van der Waals surface area (Å²) in [5.41, 5.74) is 2.41. The second kappa shape index (κ2) is 7.43. The van der Waals surface area contributed by atoms with Gasteiger partial charge in [-0.1, -0.05) is 12.1 Å². The average Bonchev–Trinajstić information content (AvgIpc) is 3.38. The Morgan fingerprint density at radius 3 is 2.59 bits per heavy atom. The van der Waals surface area contributed by atoms with Crippen LogP contribution in [0.5, 0.6) is 0 Å². The lowest BCUT2D eigenvalue weighted by molar-refractivity contribution is -0.384. The van der Waals surface area contributed by atoms with Crippen LogP contribution in [-0.4, -0.2) is 28.0 Å². The summed E-state index contributed by atoms with van der Waals surface area (Å²) in [7, 11) is 1.29. The van der Waals surface area contributed by atoms with E-state index in [9.17, 15) is 14.9 Å². The molecule has 0 fully saturated rings. The number of nitrogens with one attached hydrogen (secondary N) is 1. The van der Waals surface area contributed by atoms with Crippen molar-refractivity contribution in [1.29, 1.82) is 0 Å². The third-order valence-electron chi connectivity index (χ3n) is 4.33. The van der Waals surface area contributed by atoms with Gasteiger partial charge in [0.05, 0.1) is 23.1 Å². The maximum absolute atomic E-state index is 12.3. The van der Waals surface area contributed by atoms with E-state index in [1.54, 1.807) is 30.3 Å². The lowest BCUT2D eigenvalue weighted by atomic mass is 10.1. The third kappa shape index (κ3) is 3.63. The lowest BCUT2D eigenvalue weighted by Crippen LogP contribution is -2.05. The largest absolute Gasteiger partial charge is 0.465 e. The number of hydrogen-bond donors (Lipinski definition) is 1. The van der Waals surface area contributed by atoms with Crippen LogP contribution in [0.25, 0.3) is 34.0 Å². The van der Waals surface area contributed by atoms with Gasteiger partial charge >= 0.3 is 5.97 Å². The first kappa shape index (κ1) is 18.2. The maximum atomic E-state index is 12.3. The number of nitro groups is 1. The van der Waals surface area contributed by atoms with Gasteiger partial charge in [-0.25, -0.2) is 9.78 Å². The number of fused-ring (bicyclic) bond motifs is 1. The van der Waals surface area contributed by atoms with E-state index in [0.717, 1.165) is 11.0 Å². The molecule has 0 bridgehead atoms. The van der Waals surface area contributed by atoms with Gasteiger partial charge in [-0.05, 0) is 42.5 Å². The fraction of sp³-hybridized carbons (Fsp3) is 0.0476. The average molecular weight is 389 g/mol. The van der Waals surface area contributed by atoms with Crippen LogP contribution in [0.1, 0.15) is 11.6 Å². The monoisotopic (exact) mass is 389 g/mol. The summed E-state index contributed by atoms with van der Waals surface area (Å²) in [4.78, 5) is 30.2. The van der Waals surface area contributed by atoms with Crippen LogP contribution in [0.3, 0.4) is 0 Å². The Balaban J connectivity index is 1.70. The van der Waals surface area contributed by atoms with E-state index in [2.05, 4.69) is 9.97 Å². The summed E-state index contributed by atoms with van der Waals surface area (Å²) in [6.07, 6.45) is 1.54. The van der Waals surface area contributed by atoms with Gasteiger partial charge in [-0.3, -0.25) is 10.1 Å². The SMILES string of the molecule is COC(=O)/C(=C\c1ccc(-c2ccc([N+](=O)[O-])cc2)o1)c1nc2ccccc2[nH]1. The van der Waals surface area contributed by atoms with Crippen LogP contribution in [0.15, 0.2) is 65.1 Å². The van der Waals surface area contributed by atoms with Crippen molar-refractivity contribution in [3.63, 3.8) is 0 Å². The van der Waals surface area contributed by atoms with Crippen molar-refractivity contribution in [3.8, 4) is 11.3 Å². The van der Waals surface area contributed by atoms with E-state index in [0.29, 0.717) is 22.9 Å². The highest BCUT2D eigenvalue weighted by molar-refractivity contribution is 6.20. The standard InChI is InChI=1S/C21H15N3O5/c1-28-21(25)16(20-22-17-4-2-3-5-18(17)23-20)12-15-10-11-19(29-15)13-6-8-14(9-7-13)24(26)27/h2-12H,1H3,(H,22,23)/b16-12-. The van der Waals surface area contributed by atoms with Crippen molar-refractivity contribution in [3.05, 3.63) is 82.4 Å². The summed E-state index contributed by atoms with van der Waals surface area (Å²) < 4.78 is 10.7. The van der Waals surface area contributed by atoms with Gasteiger partial charge < -0.3 is 14.1 Å². The first-order chi connectivity index (χ1) is 14.0. The zero-order chi connectivity index (χ0) is 20.4. The number of imidazole rings is 1. The fourth-order valence-electron chi connectivity index (χ4n) is 2.89. The predicted octanol–water partition coefficient (Wildman–Crippen LogP) is 4.44. The Morgan fingerprint density at radius 1 is 1.14 bits per heavy atom. The minimum atomic E-state index is -0.558. The number of para-hydroxylation sites is 2. The number of carbonyl (C=O) groups excluding carboxylic acids is 1. The molecule has 0 aliphatic rings. The second-order valence-electron chi connectivity index (χ2n) is 6.16. The number of furan rings is 1. The lowest BCUT2D eigenvalue weighted by Gasteiger charge is -2.01. The number of aromatic amines is 1. The Hall–Kier alpha value is -4.20. The van der Waals surface area contributed by atoms with Crippen molar-refractivity contribution in [2.24, 2.45) is 0 Å². The Bertz CT molecular complexity index is 1200. The number of nitrogens with zero attached hydrogens (tertiary/aromatic N) is 2. The number of H-pyrrole nitrogens is 1. The smallest absolute Gasteiger partial charge is 0.341 e. The highest BCUT2D eigenvalue weighted by Gasteiger charge is 2.18.